The van der Waals surface area contributed by atoms with Crippen molar-refractivity contribution >= 4 is 15.9 Å². The molecule has 1 amide bonds. The third-order valence-electron chi connectivity index (χ3n) is 3.97. The predicted octanol–water partition coefficient (Wildman–Crippen LogP) is 1.22. The maximum absolute atomic E-state index is 12.3. The summed E-state index contributed by atoms with van der Waals surface area (Å²) in [5.41, 5.74) is 0.960. The van der Waals surface area contributed by atoms with Gasteiger partial charge in [0.2, 0.25) is 15.9 Å². The molecule has 0 aromatic carbocycles. The van der Waals surface area contributed by atoms with Crippen molar-refractivity contribution in [2.24, 2.45) is 0 Å². The van der Waals surface area contributed by atoms with Gasteiger partial charge in [-0.05, 0) is 24.5 Å². The van der Waals surface area contributed by atoms with Crippen LogP contribution >= 0.6 is 0 Å². The van der Waals surface area contributed by atoms with E-state index in [4.69, 9.17) is 0 Å². The van der Waals surface area contributed by atoms with Crippen LogP contribution < -0.4 is 0 Å². The summed E-state index contributed by atoms with van der Waals surface area (Å²) in [7, 11) is -3.18. The fraction of sp³-hybridized carbons (Fsp3) is 0.667. The van der Waals surface area contributed by atoms with Gasteiger partial charge < -0.3 is 9.88 Å². The van der Waals surface area contributed by atoms with Gasteiger partial charge in [0.05, 0.1) is 12.2 Å². The molecule has 0 aliphatic carbocycles. The van der Waals surface area contributed by atoms with Crippen LogP contribution in [0.25, 0.3) is 0 Å². The van der Waals surface area contributed by atoms with Gasteiger partial charge in [0, 0.05) is 38.6 Å². The molecule has 1 aromatic rings. The van der Waals surface area contributed by atoms with Crippen molar-refractivity contribution in [3.63, 3.8) is 0 Å². The van der Waals surface area contributed by atoms with Crippen LogP contribution in [0, 0.1) is 0 Å². The number of hydrogen-bond acceptors (Lipinski definition) is 3. The highest BCUT2D eigenvalue weighted by atomic mass is 32.2. The Morgan fingerprint density at radius 1 is 1.27 bits per heavy atom. The molecule has 124 valence electrons. The SMILES string of the molecule is CCCCS(=O)(=O)N1CCCN(C(=O)Cc2cc[nH]c2)CC1. The lowest BCUT2D eigenvalue weighted by atomic mass is 10.2. The van der Waals surface area contributed by atoms with Crippen molar-refractivity contribution < 1.29 is 13.2 Å². The first-order valence-corrected chi connectivity index (χ1v) is 9.51. The fourth-order valence-corrected chi connectivity index (χ4v) is 4.31. The van der Waals surface area contributed by atoms with Crippen LogP contribution in [0.1, 0.15) is 31.7 Å². The molecule has 0 radical (unpaired) electrons. The number of aromatic nitrogens is 1. The Balaban J connectivity index is 1.90. The maximum atomic E-state index is 12.3. The van der Waals surface area contributed by atoms with E-state index in [1.54, 1.807) is 15.4 Å². The molecule has 1 N–H and O–H groups in total. The number of carbonyl (C=O) groups excluding carboxylic acids is 1. The first-order chi connectivity index (χ1) is 10.5. The van der Waals surface area contributed by atoms with E-state index in [2.05, 4.69) is 4.98 Å². The number of unbranched alkanes of at least 4 members (excludes halogenated alkanes) is 1. The number of hydrogen-bond donors (Lipinski definition) is 1. The molecule has 0 spiro atoms. The smallest absolute Gasteiger partial charge is 0.227 e. The van der Waals surface area contributed by atoms with E-state index in [9.17, 15) is 13.2 Å². The van der Waals surface area contributed by atoms with E-state index in [1.807, 2.05) is 19.2 Å². The summed E-state index contributed by atoms with van der Waals surface area (Å²) in [6.45, 7) is 4.02. The molecule has 0 bridgehead atoms. The van der Waals surface area contributed by atoms with Gasteiger partial charge in [-0.3, -0.25) is 4.79 Å². The Morgan fingerprint density at radius 3 is 2.77 bits per heavy atom. The highest BCUT2D eigenvalue weighted by Crippen LogP contribution is 2.12. The Bertz CT molecular complexity index is 569. The summed E-state index contributed by atoms with van der Waals surface area (Å²) >= 11 is 0. The number of nitrogens with zero attached hydrogens (tertiary/aromatic N) is 2. The molecular formula is C15H25N3O3S. The van der Waals surface area contributed by atoms with E-state index in [-0.39, 0.29) is 11.7 Å². The van der Waals surface area contributed by atoms with Gasteiger partial charge in [0.15, 0.2) is 0 Å². The lowest BCUT2D eigenvalue weighted by molar-refractivity contribution is -0.130. The molecule has 1 aromatic heterocycles. The molecule has 7 heteroatoms. The highest BCUT2D eigenvalue weighted by molar-refractivity contribution is 7.89. The van der Waals surface area contributed by atoms with Crippen LogP contribution in [0.3, 0.4) is 0 Å². The Morgan fingerprint density at radius 2 is 2.09 bits per heavy atom. The van der Waals surface area contributed by atoms with E-state index >= 15 is 0 Å². The molecule has 1 aliphatic rings. The minimum absolute atomic E-state index is 0.0624. The second-order valence-corrected chi connectivity index (χ2v) is 7.79. The lowest BCUT2D eigenvalue weighted by Gasteiger charge is -2.22. The third kappa shape index (κ3) is 4.58. The molecule has 1 fully saturated rings. The number of amides is 1. The summed E-state index contributed by atoms with van der Waals surface area (Å²) in [5.74, 6) is 0.272. The Hall–Kier alpha value is -1.34. The van der Waals surface area contributed by atoms with Crippen LogP contribution in [-0.2, 0) is 21.2 Å². The second kappa shape index (κ2) is 7.78. The van der Waals surface area contributed by atoms with Gasteiger partial charge in [-0.25, -0.2) is 12.7 Å². The van der Waals surface area contributed by atoms with Gasteiger partial charge in [-0.15, -0.1) is 0 Å². The van der Waals surface area contributed by atoms with Crippen LogP contribution in [-0.4, -0.2) is 60.4 Å². The average Bonchev–Trinajstić information content (AvgIpc) is 2.85. The van der Waals surface area contributed by atoms with Crippen LogP contribution in [0.2, 0.25) is 0 Å². The minimum atomic E-state index is -3.18. The van der Waals surface area contributed by atoms with Crippen molar-refractivity contribution in [3.05, 3.63) is 24.0 Å². The number of aromatic amines is 1. The normalized spacial score (nSPS) is 17.4. The largest absolute Gasteiger partial charge is 0.367 e. The van der Waals surface area contributed by atoms with Crippen molar-refractivity contribution in [3.8, 4) is 0 Å². The highest BCUT2D eigenvalue weighted by Gasteiger charge is 2.26. The molecule has 0 saturated carbocycles. The van der Waals surface area contributed by atoms with Crippen LogP contribution in [0.15, 0.2) is 18.5 Å². The quantitative estimate of drug-likeness (QED) is 0.854. The van der Waals surface area contributed by atoms with E-state index in [0.717, 1.165) is 12.0 Å². The zero-order chi connectivity index (χ0) is 16.0. The summed E-state index contributed by atoms with van der Waals surface area (Å²) in [4.78, 5) is 17.0. The zero-order valence-corrected chi connectivity index (χ0v) is 13.9. The topological polar surface area (TPSA) is 73.5 Å². The Labute approximate surface area is 132 Å². The fourth-order valence-electron chi connectivity index (χ4n) is 2.63. The molecule has 6 nitrogen and oxygen atoms in total. The average molecular weight is 327 g/mol. The monoisotopic (exact) mass is 327 g/mol. The number of sulfonamides is 1. The molecular weight excluding hydrogens is 302 g/mol. The first-order valence-electron chi connectivity index (χ1n) is 7.90. The minimum Gasteiger partial charge on any atom is -0.367 e. The van der Waals surface area contributed by atoms with Gasteiger partial charge in [0.25, 0.3) is 0 Å². The van der Waals surface area contributed by atoms with Gasteiger partial charge >= 0.3 is 0 Å². The van der Waals surface area contributed by atoms with E-state index in [0.29, 0.717) is 45.4 Å². The Kier molecular flexibility index (Phi) is 6.02. The number of carbonyl (C=O) groups is 1. The molecule has 22 heavy (non-hydrogen) atoms. The second-order valence-electron chi connectivity index (χ2n) is 5.70. The van der Waals surface area contributed by atoms with Crippen LogP contribution in [0.4, 0.5) is 0 Å². The van der Waals surface area contributed by atoms with Gasteiger partial charge in [0.1, 0.15) is 0 Å². The summed E-state index contributed by atoms with van der Waals surface area (Å²) in [5, 5.41) is 0. The molecule has 0 atom stereocenters. The first kappa shape index (κ1) is 17.0. The lowest BCUT2D eigenvalue weighted by Crippen LogP contribution is -2.38. The standard InChI is InChI=1S/C15H25N3O3S/c1-2-3-11-22(20,21)18-8-4-7-17(9-10-18)15(19)12-14-5-6-16-13-14/h5-6,13,16H,2-4,7-12H2,1H3. The predicted molar refractivity (Wildman–Crippen MR) is 86.0 cm³/mol. The molecule has 1 aliphatic heterocycles. The molecule has 2 rings (SSSR count). The van der Waals surface area contributed by atoms with E-state index < -0.39 is 10.0 Å². The summed E-state index contributed by atoms with van der Waals surface area (Å²) in [6.07, 6.45) is 6.24. The summed E-state index contributed by atoms with van der Waals surface area (Å²) in [6, 6.07) is 1.89. The number of rotatable bonds is 6. The molecule has 2 heterocycles. The van der Waals surface area contributed by atoms with Gasteiger partial charge in [-0.1, -0.05) is 13.3 Å². The van der Waals surface area contributed by atoms with E-state index in [1.165, 1.54) is 0 Å². The van der Waals surface area contributed by atoms with Crippen molar-refractivity contribution in [1.82, 2.24) is 14.2 Å². The third-order valence-corrected chi connectivity index (χ3v) is 5.93. The number of nitrogens with one attached hydrogen (secondary N) is 1. The van der Waals surface area contributed by atoms with Crippen molar-refractivity contribution in [1.29, 1.82) is 0 Å². The van der Waals surface area contributed by atoms with Gasteiger partial charge in [-0.2, -0.15) is 0 Å². The van der Waals surface area contributed by atoms with Crippen molar-refractivity contribution in [2.45, 2.75) is 32.6 Å². The van der Waals surface area contributed by atoms with Crippen LogP contribution in [0.5, 0.6) is 0 Å². The maximum Gasteiger partial charge on any atom is 0.227 e. The molecule has 1 saturated heterocycles. The van der Waals surface area contributed by atoms with Crippen molar-refractivity contribution in [2.75, 3.05) is 31.9 Å². The summed E-state index contributed by atoms with van der Waals surface area (Å²) < 4.78 is 26.0. The number of H-pyrrole nitrogens is 1. The molecule has 0 unspecified atom stereocenters. The zero-order valence-electron chi connectivity index (χ0n) is 13.1.